The molecule has 2 rings (SSSR count). The maximum atomic E-state index is 10.8. The van der Waals surface area contributed by atoms with Crippen LogP contribution < -0.4 is 4.74 Å². The summed E-state index contributed by atoms with van der Waals surface area (Å²) >= 11 is 0. The van der Waals surface area contributed by atoms with Gasteiger partial charge in [0.05, 0.1) is 18.2 Å². The van der Waals surface area contributed by atoms with Crippen molar-refractivity contribution < 1.29 is 14.6 Å². The zero-order valence-corrected chi connectivity index (χ0v) is 14.6. The van der Waals surface area contributed by atoms with Gasteiger partial charge in [0.15, 0.2) is 0 Å². The molecule has 0 amide bonds. The molecule has 1 N–H and O–H groups in total. The number of aromatic nitrogens is 1. The van der Waals surface area contributed by atoms with Gasteiger partial charge < -0.3 is 14.7 Å². The predicted molar refractivity (Wildman–Crippen MR) is 93.5 cm³/mol. The summed E-state index contributed by atoms with van der Waals surface area (Å²) in [5.74, 6) is -0.217. The molecule has 0 unspecified atom stereocenters. The number of ether oxygens (including phenoxy) is 1. The van der Waals surface area contributed by atoms with E-state index in [4.69, 9.17) is 9.84 Å². The third-order valence-electron chi connectivity index (χ3n) is 3.79. The summed E-state index contributed by atoms with van der Waals surface area (Å²) in [6, 6.07) is 5.28. The molecule has 0 atom stereocenters. The second-order valence-corrected chi connectivity index (χ2v) is 5.16. The van der Waals surface area contributed by atoms with Crippen LogP contribution >= 0.6 is 0 Å². The molecular weight excluding hydrogens is 292 g/mol. The van der Waals surface area contributed by atoms with Gasteiger partial charge in [0, 0.05) is 17.6 Å². The van der Waals surface area contributed by atoms with E-state index in [1.165, 1.54) is 25.8 Å². The standard InChI is InChI=1S/C12H11NO3.C6H15N/c1-7-3-8-4-9(12(14)15)6-13-10(8)5-11(7)16-2;1-4-7(5-2)6-3/h3-6H,1-2H3,(H,14,15);4-6H2,1-3H3. The number of nitrogens with zero attached hydrogens (tertiary/aromatic N) is 2. The van der Waals surface area contributed by atoms with Crippen molar-refractivity contribution in [1.29, 1.82) is 0 Å². The molecule has 0 aliphatic carbocycles. The summed E-state index contributed by atoms with van der Waals surface area (Å²) in [6.45, 7) is 12.0. The van der Waals surface area contributed by atoms with E-state index in [0.717, 1.165) is 22.2 Å². The van der Waals surface area contributed by atoms with Crippen molar-refractivity contribution in [2.45, 2.75) is 27.7 Å². The molecule has 0 fully saturated rings. The lowest BCUT2D eigenvalue weighted by molar-refractivity contribution is 0.0696. The van der Waals surface area contributed by atoms with Gasteiger partial charge in [0.25, 0.3) is 0 Å². The lowest BCUT2D eigenvalue weighted by atomic mass is 10.1. The Morgan fingerprint density at radius 3 is 2.22 bits per heavy atom. The number of carboxylic acids is 1. The van der Waals surface area contributed by atoms with Crippen LogP contribution in [0.3, 0.4) is 0 Å². The first-order valence-corrected chi connectivity index (χ1v) is 7.86. The molecule has 0 aliphatic heterocycles. The second kappa shape index (κ2) is 9.10. The molecule has 5 nitrogen and oxygen atoms in total. The van der Waals surface area contributed by atoms with Crippen LogP contribution in [0.4, 0.5) is 0 Å². The third kappa shape index (κ3) is 5.21. The van der Waals surface area contributed by atoms with Gasteiger partial charge in [-0.05, 0) is 44.3 Å². The lowest BCUT2D eigenvalue weighted by Crippen LogP contribution is -2.21. The van der Waals surface area contributed by atoms with Crippen molar-refractivity contribution in [2.75, 3.05) is 26.7 Å². The zero-order valence-electron chi connectivity index (χ0n) is 14.6. The normalized spacial score (nSPS) is 10.3. The molecule has 1 heterocycles. The molecule has 126 valence electrons. The van der Waals surface area contributed by atoms with Gasteiger partial charge in [-0.2, -0.15) is 0 Å². The molecular formula is C18H26N2O3. The van der Waals surface area contributed by atoms with Crippen molar-refractivity contribution >= 4 is 16.9 Å². The lowest BCUT2D eigenvalue weighted by Gasteiger charge is -2.13. The monoisotopic (exact) mass is 318 g/mol. The summed E-state index contributed by atoms with van der Waals surface area (Å²) in [5, 5.41) is 9.65. The minimum Gasteiger partial charge on any atom is -0.496 e. The van der Waals surface area contributed by atoms with Gasteiger partial charge in [-0.3, -0.25) is 4.98 Å². The molecule has 23 heavy (non-hydrogen) atoms. The SMILES string of the molecule is CCN(CC)CC.COc1cc2ncc(C(=O)O)cc2cc1C. The highest BCUT2D eigenvalue weighted by Gasteiger charge is 2.07. The maximum Gasteiger partial charge on any atom is 0.337 e. The van der Waals surface area contributed by atoms with Crippen LogP contribution in [0.2, 0.25) is 0 Å². The highest BCUT2D eigenvalue weighted by atomic mass is 16.5. The molecule has 5 heteroatoms. The summed E-state index contributed by atoms with van der Waals surface area (Å²) in [5.41, 5.74) is 1.88. The number of pyridine rings is 1. The Morgan fingerprint density at radius 2 is 1.78 bits per heavy atom. The number of methoxy groups -OCH3 is 1. The number of rotatable bonds is 5. The third-order valence-corrected chi connectivity index (χ3v) is 3.79. The van der Waals surface area contributed by atoms with Gasteiger partial charge in [0.1, 0.15) is 5.75 Å². The second-order valence-electron chi connectivity index (χ2n) is 5.16. The van der Waals surface area contributed by atoms with Crippen LogP contribution in [0.25, 0.3) is 10.9 Å². The number of carboxylic acid groups (broad SMARTS) is 1. The van der Waals surface area contributed by atoms with Crippen molar-refractivity contribution in [3.8, 4) is 5.75 Å². The molecule has 0 saturated carbocycles. The van der Waals surface area contributed by atoms with Gasteiger partial charge in [-0.25, -0.2) is 4.79 Å². The van der Waals surface area contributed by atoms with Gasteiger partial charge >= 0.3 is 5.97 Å². The van der Waals surface area contributed by atoms with E-state index in [1.54, 1.807) is 19.2 Å². The van der Waals surface area contributed by atoms with Crippen molar-refractivity contribution in [3.63, 3.8) is 0 Å². The van der Waals surface area contributed by atoms with Gasteiger partial charge in [-0.1, -0.05) is 20.8 Å². The molecule has 1 aromatic heterocycles. The van der Waals surface area contributed by atoms with E-state index in [-0.39, 0.29) is 5.56 Å². The van der Waals surface area contributed by atoms with Crippen LogP contribution in [-0.4, -0.2) is 47.7 Å². The number of aromatic carboxylic acids is 1. The Hall–Kier alpha value is -2.14. The van der Waals surface area contributed by atoms with Crippen LogP contribution in [0.15, 0.2) is 24.4 Å². The Kier molecular flexibility index (Phi) is 7.48. The van der Waals surface area contributed by atoms with E-state index in [0.29, 0.717) is 0 Å². The van der Waals surface area contributed by atoms with Crippen LogP contribution in [0.1, 0.15) is 36.7 Å². The van der Waals surface area contributed by atoms with Crippen molar-refractivity contribution in [2.24, 2.45) is 0 Å². The summed E-state index contributed by atoms with van der Waals surface area (Å²) < 4.78 is 5.17. The number of benzene rings is 1. The van der Waals surface area contributed by atoms with Gasteiger partial charge in [-0.15, -0.1) is 0 Å². The Morgan fingerprint density at radius 1 is 1.17 bits per heavy atom. The largest absolute Gasteiger partial charge is 0.496 e. The predicted octanol–water partition coefficient (Wildman–Crippen LogP) is 3.60. The Labute approximate surface area is 137 Å². The summed E-state index contributed by atoms with van der Waals surface area (Å²) in [7, 11) is 1.60. The molecule has 0 radical (unpaired) electrons. The fourth-order valence-corrected chi connectivity index (χ4v) is 2.28. The molecule has 0 bridgehead atoms. The average molecular weight is 318 g/mol. The first kappa shape index (κ1) is 18.9. The van der Waals surface area contributed by atoms with Crippen LogP contribution in [0, 0.1) is 6.92 Å². The molecule has 1 aromatic carbocycles. The number of aryl methyl sites for hydroxylation is 1. The van der Waals surface area contributed by atoms with E-state index in [9.17, 15) is 4.79 Å². The smallest absolute Gasteiger partial charge is 0.337 e. The molecule has 2 aromatic rings. The average Bonchev–Trinajstić information content (AvgIpc) is 2.55. The first-order valence-electron chi connectivity index (χ1n) is 7.86. The zero-order chi connectivity index (χ0) is 17.4. The number of carbonyl (C=O) groups is 1. The Balaban J connectivity index is 0.000000322. The number of fused-ring (bicyclic) bond motifs is 1. The number of hydrogen-bond donors (Lipinski definition) is 1. The molecule has 0 saturated heterocycles. The van der Waals surface area contributed by atoms with E-state index in [1.807, 2.05) is 13.0 Å². The highest BCUT2D eigenvalue weighted by molar-refractivity contribution is 5.93. The van der Waals surface area contributed by atoms with Crippen molar-refractivity contribution in [1.82, 2.24) is 9.88 Å². The van der Waals surface area contributed by atoms with Crippen LogP contribution in [0.5, 0.6) is 5.75 Å². The van der Waals surface area contributed by atoms with E-state index < -0.39 is 5.97 Å². The topological polar surface area (TPSA) is 62.7 Å². The minimum atomic E-state index is -0.970. The number of hydrogen-bond acceptors (Lipinski definition) is 4. The van der Waals surface area contributed by atoms with Crippen LogP contribution in [-0.2, 0) is 0 Å². The van der Waals surface area contributed by atoms with Gasteiger partial charge in [0.2, 0.25) is 0 Å². The van der Waals surface area contributed by atoms with Crippen molar-refractivity contribution in [3.05, 3.63) is 35.5 Å². The quantitative estimate of drug-likeness (QED) is 0.912. The maximum absolute atomic E-state index is 10.8. The first-order chi connectivity index (χ1) is 11.0. The minimum absolute atomic E-state index is 0.192. The fourth-order valence-electron chi connectivity index (χ4n) is 2.28. The highest BCUT2D eigenvalue weighted by Crippen LogP contribution is 2.24. The molecule has 0 aliphatic rings. The summed E-state index contributed by atoms with van der Waals surface area (Å²) in [4.78, 5) is 17.3. The Bertz CT molecular complexity index is 646. The summed E-state index contributed by atoms with van der Waals surface area (Å²) in [6.07, 6.45) is 1.35. The molecule has 0 spiro atoms. The van der Waals surface area contributed by atoms with E-state index in [2.05, 4.69) is 30.7 Å². The van der Waals surface area contributed by atoms with E-state index >= 15 is 0 Å². The fraction of sp³-hybridized carbons (Fsp3) is 0.444.